The summed E-state index contributed by atoms with van der Waals surface area (Å²) in [6.07, 6.45) is 2.72. The predicted octanol–water partition coefficient (Wildman–Crippen LogP) is 2.11. The first kappa shape index (κ1) is 9.69. The van der Waals surface area contributed by atoms with E-state index in [4.69, 9.17) is 10.5 Å². The smallest absolute Gasteiger partial charge is 0.0791 e. The van der Waals surface area contributed by atoms with Crippen LogP contribution in [0.1, 0.15) is 24.4 Å². The highest BCUT2D eigenvalue weighted by Crippen LogP contribution is 2.38. The van der Waals surface area contributed by atoms with Gasteiger partial charge >= 0.3 is 0 Å². The Bertz CT molecular complexity index is 282. The lowest BCUT2D eigenvalue weighted by molar-refractivity contribution is 0.0624. The van der Waals surface area contributed by atoms with Gasteiger partial charge in [0.05, 0.1) is 12.1 Å². The molecule has 0 saturated heterocycles. The summed E-state index contributed by atoms with van der Waals surface area (Å²) < 4.78 is 5.47. The topological polar surface area (TPSA) is 35.2 Å². The van der Waals surface area contributed by atoms with Crippen LogP contribution in [0.2, 0.25) is 0 Å². The van der Waals surface area contributed by atoms with Crippen molar-refractivity contribution in [2.75, 3.05) is 7.11 Å². The van der Waals surface area contributed by atoms with Crippen molar-refractivity contribution in [1.29, 1.82) is 0 Å². The van der Waals surface area contributed by atoms with Crippen LogP contribution >= 0.6 is 0 Å². The minimum Gasteiger partial charge on any atom is -0.379 e. The fraction of sp³-hybridized carbons (Fsp3) is 0.500. The van der Waals surface area contributed by atoms with Crippen molar-refractivity contribution in [3.8, 4) is 0 Å². The molecule has 2 N–H and O–H groups in total. The van der Waals surface area contributed by atoms with Crippen molar-refractivity contribution in [2.24, 2.45) is 11.7 Å². The van der Waals surface area contributed by atoms with Gasteiger partial charge < -0.3 is 10.5 Å². The van der Waals surface area contributed by atoms with E-state index in [1.165, 1.54) is 18.4 Å². The summed E-state index contributed by atoms with van der Waals surface area (Å²) in [5.74, 6) is 0.676. The van der Waals surface area contributed by atoms with Gasteiger partial charge in [-0.2, -0.15) is 0 Å². The molecule has 0 aromatic heterocycles. The summed E-state index contributed by atoms with van der Waals surface area (Å²) in [5, 5.41) is 0. The first-order chi connectivity index (χ1) is 6.83. The Morgan fingerprint density at radius 3 is 2.43 bits per heavy atom. The zero-order valence-electron chi connectivity index (χ0n) is 8.52. The maximum absolute atomic E-state index is 6.17. The number of hydrogen-bond acceptors (Lipinski definition) is 2. The van der Waals surface area contributed by atoms with E-state index < -0.39 is 0 Å². The molecule has 2 atom stereocenters. The molecule has 0 aliphatic heterocycles. The van der Waals surface area contributed by atoms with Crippen molar-refractivity contribution < 1.29 is 4.74 Å². The molecule has 0 heterocycles. The second-order valence-electron chi connectivity index (χ2n) is 3.97. The molecule has 76 valence electrons. The second kappa shape index (κ2) is 4.11. The van der Waals surface area contributed by atoms with E-state index >= 15 is 0 Å². The van der Waals surface area contributed by atoms with Gasteiger partial charge in [0.25, 0.3) is 0 Å². The summed E-state index contributed by atoms with van der Waals surface area (Å²) in [6, 6.07) is 10.2. The highest BCUT2D eigenvalue weighted by atomic mass is 16.5. The first-order valence-electron chi connectivity index (χ1n) is 5.16. The van der Waals surface area contributed by atoms with Crippen molar-refractivity contribution in [2.45, 2.75) is 25.0 Å². The third-order valence-corrected chi connectivity index (χ3v) is 2.90. The minimum absolute atomic E-state index is 0.0219. The van der Waals surface area contributed by atoms with Crippen LogP contribution in [0.4, 0.5) is 0 Å². The fourth-order valence-electron chi connectivity index (χ4n) is 1.92. The molecule has 14 heavy (non-hydrogen) atoms. The normalized spacial score (nSPS) is 20.4. The van der Waals surface area contributed by atoms with E-state index in [1.807, 2.05) is 18.2 Å². The number of benzene rings is 1. The molecule has 2 rings (SSSR count). The average Bonchev–Trinajstić information content (AvgIpc) is 3.04. The van der Waals surface area contributed by atoms with Gasteiger partial charge in [-0.3, -0.25) is 0 Å². The molecule has 0 amide bonds. The molecule has 1 aromatic carbocycles. The standard InChI is InChI=1S/C12H17NO/c1-14-12(10-7-8-10)11(13)9-5-3-2-4-6-9/h2-6,10-12H,7-8,13H2,1H3. The highest BCUT2D eigenvalue weighted by molar-refractivity contribution is 5.20. The van der Waals surface area contributed by atoms with Gasteiger partial charge in [0.2, 0.25) is 0 Å². The lowest BCUT2D eigenvalue weighted by atomic mass is 9.99. The molecule has 1 fully saturated rings. The van der Waals surface area contributed by atoms with E-state index in [0.29, 0.717) is 5.92 Å². The molecule has 1 aliphatic rings. The predicted molar refractivity (Wildman–Crippen MR) is 56.9 cm³/mol. The largest absolute Gasteiger partial charge is 0.379 e. The molecule has 2 unspecified atom stereocenters. The molecule has 0 spiro atoms. The Morgan fingerprint density at radius 1 is 1.29 bits per heavy atom. The van der Waals surface area contributed by atoms with E-state index in [-0.39, 0.29) is 12.1 Å². The van der Waals surface area contributed by atoms with Gasteiger partial charge in [-0.05, 0) is 24.3 Å². The minimum atomic E-state index is 0.0219. The molecule has 2 heteroatoms. The van der Waals surface area contributed by atoms with Gasteiger partial charge in [-0.25, -0.2) is 0 Å². The first-order valence-corrected chi connectivity index (χ1v) is 5.16. The van der Waals surface area contributed by atoms with Gasteiger partial charge in [0.15, 0.2) is 0 Å². The van der Waals surface area contributed by atoms with Crippen molar-refractivity contribution in [1.82, 2.24) is 0 Å². The van der Waals surface area contributed by atoms with Crippen LogP contribution in [0.25, 0.3) is 0 Å². The third-order valence-electron chi connectivity index (χ3n) is 2.90. The van der Waals surface area contributed by atoms with Crippen LogP contribution < -0.4 is 5.73 Å². The molecule has 0 radical (unpaired) electrons. The molecule has 1 saturated carbocycles. The van der Waals surface area contributed by atoms with Crippen molar-refractivity contribution in [3.05, 3.63) is 35.9 Å². The molecule has 1 aliphatic carbocycles. The zero-order valence-corrected chi connectivity index (χ0v) is 8.52. The molecule has 0 bridgehead atoms. The third kappa shape index (κ3) is 1.97. The Hall–Kier alpha value is -0.860. The zero-order chi connectivity index (χ0) is 9.97. The molecule has 2 nitrogen and oxygen atoms in total. The summed E-state index contributed by atoms with van der Waals surface area (Å²) in [4.78, 5) is 0. The summed E-state index contributed by atoms with van der Waals surface area (Å²) in [6.45, 7) is 0. The van der Waals surface area contributed by atoms with Gasteiger partial charge in [-0.1, -0.05) is 30.3 Å². The fourth-order valence-corrected chi connectivity index (χ4v) is 1.92. The number of nitrogens with two attached hydrogens (primary N) is 1. The van der Waals surface area contributed by atoms with Crippen molar-refractivity contribution >= 4 is 0 Å². The average molecular weight is 191 g/mol. The van der Waals surface area contributed by atoms with E-state index in [0.717, 1.165) is 0 Å². The molecular weight excluding hydrogens is 174 g/mol. The Kier molecular flexibility index (Phi) is 2.85. The Morgan fingerprint density at radius 2 is 1.93 bits per heavy atom. The number of methoxy groups -OCH3 is 1. The quantitative estimate of drug-likeness (QED) is 0.791. The second-order valence-corrected chi connectivity index (χ2v) is 3.97. The Labute approximate surface area is 85.1 Å². The summed E-state index contributed by atoms with van der Waals surface area (Å²) in [7, 11) is 1.76. The van der Waals surface area contributed by atoms with E-state index in [2.05, 4.69) is 12.1 Å². The van der Waals surface area contributed by atoms with Crippen LogP contribution in [0.3, 0.4) is 0 Å². The van der Waals surface area contributed by atoms with E-state index in [1.54, 1.807) is 7.11 Å². The van der Waals surface area contributed by atoms with Gasteiger partial charge in [0, 0.05) is 7.11 Å². The monoisotopic (exact) mass is 191 g/mol. The molecular formula is C12H17NO. The van der Waals surface area contributed by atoms with E-state index in [9.17, 15) is 0 Å². The number of ether oxygens (including phenoxy) is 1. The van der Waals surface area contributed by atoms with Gasteiger partial charge in [0.1, 0.15) is 0 Å². The van der Waals surface area contributed by atoms with Crippen LogP contribution in [0, 0.1) is 5.92 Å². The van der Waals surface area contributed by atoms with Crippen LogP contribution in [0.5, 0.6) is 0 Å². The van der Waals surface area contributed by atoms with Crippen LogP contribution in [-0.2, 0) is 4.74 Å². The lowest BCUT2D eigenvalue weighted by Gasteiger charge is -2.22. The lowest BCUT2D eigenvalue weighted by Crippen LogP contribution is -2.29. The van der Waals surface area contributed by atoms with Crippen molar-refractivity contribution in [3.63, 3.8) is 0 Å². The summed E-state index contributed by atoms with van der Waals surface area (Å²) >= 11 is 0. The molecule has 1 aromatic rings. The number of hydrogen-bond donors (Lipinski definition) is 1. The van der Waals surface area contributed by atoms with Crippen LogP contribution in [0.15, 0.2) is 30.3 Å². The highest BCUT2D eigenvalue weighted by Gasteiger charge is 2.35. The van der Waals surface area contributed by atoms with Crippen LogP contribution in [-0.4, -0.2) is 13.2 Å². The summed E-state index contributed by atoms with van der Waals surface area (Å²) in [5.41, 5.74) is 7.34. The maximum Gasteiger partial charge on any atom is 0.0791 e. The van der Waals surface area contributed by atoms with Gasteiger partial charge in [-0.15, -0.1) is 0 Å². The maximum atomic E-state index is 6.17. The SMILES string of the molecule is COC(C1CC1)C(N)c1ccccc1. The number of rotatable bonds is 4. The Balaban J connectivity index is 2.09.